The number of rotatable bonds is 10. The predicted octanol–water partition coefficient (Wildman–Crippen LogP) is 7.39. The first-order valence-corrected chi connectivity index (χ1v) is 13.5. The Morgan fingerprint density at radius 3 is 2.08 bits per heavy atom. The summed E-state index contributed by atoms with van der Waals surface area (Å²) in [5.74, 6) is 2.64. The van der Waals surface area contributed by atoms with Gasteiger partial charge >= 0.3 is 0 Å². The Kier molecular flexibility index (Phi) is 7.82. The number of aryl methyl sites for hydroxylation is 3. The molecule has 0 amide bonds. The first-order chi connectivity index (χ1) is 19.0. The lowest BCUT2D eigenvalue weighted by Gasteiger charge is -2.19. The fraction of sp³-hybridized carbons (Fsp3) is 0.273. The first kappa shape index (κ1) is 26.3. The molecule has 0 spiro atoms. The second kappa shape index (κ2) is 11.6. The van der Waals surface area contributed by atoms with Gasteiger partial charge < -0.3 is 19.4 Å². The fourth-order valence-corrected chi connectivity index (χ4v) is 5.61. The quantitative estimate of drug-likeness (QED) is 0.208. The van der Waals surface area contributed by atoms with Crippen molar-refractivity contribution in [3.63, 3.8) is 0 Å². The monoisotopic (exact) mass is 520 g/mol. The lowest BCUT2D eigenvalue weighted by Crippen LogP contribution is -2.11. The molecule has 39 heavy (non-hydrogen) atoms. The lowest BCUT2D eigenvalue weighted by atomic mass is 9.88. The van der Waals surface area contributed by atoms with Gasteiger partial charge in [0.2, 0.25) is 0 Å². The zero-order valence-electron chi connectivity index (χ0n) is 23.4. The molecule has 200 valence electrons. The molecule has 0 atom stereocenters. The number of hydrogen-bond acceptors (Lipinski definition) is 5. The van der Waals surface area contributed by atoms with E-state index >= 15 is 0 Å². The highest BCUT2D eigenvalue weighted by Gasteiger charge is 2.22. The van der Waals surface area contributed by atoms with Gasteiger partial charge in [-0.25, -0.2) is 0 Å². The average Bonchev–Trinajstić information content (AvgIpc) is 3.23. The molecule has 0 aliphatic rings. The highest BCUT2D eigenvalue weighted by molar-refractivity contribution is 5.98. The Morgan fingerprint density at radius 2 is 1.46 bits per heavy atom. The average molecular weight is 521 g/mol. The Morgan fingerprint density at radius 1 is 0.821 bits per heavy atom. The molecule has 2 heterocycles. The molecular weight excluding hydrogens is 484 g/mol. The summed E-state index contributed by atoms with van der Waals surface area (Å²) in [5.41, 5.74) is 6.69. The van der Waals surface area contributed by atoms with Crippen LogP contribution in [0.4, 0.5) is 5.82 Å². The number of hydrogen-bond donors (Lipinski definition) is 1. The van der Waals surface area contributed by atoms with Gasteiger partial charge in [-0.2, -0.15) is 5.10 Å². The Hall–Kier alpha value is -4.32. The molecule has 0 radical (unpaired) electrons. The molecule has 5 rings (SSSR count). The molecule has 1 N–H and O–H groups in total. The molecule has 6 heteroatoms. The third-order valence-electron chi connectivity index (χ3n) is 7.38. The number of fused-ring (bicyclic) bond motifs is 1. The number of nitrogens with one attached hydrogen (secondary N) is 1. The highest BCUT2D eigenvalue weighted by Crippen LogP contribution is 2.38. The summed E-state index contributed by atoms with van der Waals surface area (Å²) in [6.07, 6.45) is 0.927. The van der Waals surface area contributed by atoms with E-state index in [1.165, 1.54) is 11.1 Å². The molecule has 0 unspecified atom stereocenters. The normalized spacial score (nSPS) is 11.2. The van der Waals surface area contributed by atoms with Crippen molar-refractivity contribution in [2.24, 2.45) is 0 Å². The summed E-state index contributed by atoms with van der Waals surface area (Å²) in [7, 11) is 1.69. The van der Waals surface area contributed by atoms with Crippen molar-refractivity contribution in [1.29, 1.82) is 0 Å². The molecule has 0 aliphatic carbocycles. The minimum Gasteiger partial charge on any atom is -0.494 e. The van der Waals surface area contributed by atoms with Crippen LogP contribution in [0.5, 0.6) is 11.5 Å². The maximum absolute atomic E-state index is 5.78. The zero-order chi connectivity index (χ0) is 27.4. The van der Waals surface area contributed by atoms with Crippen LogP contribution >= 0.6 is 0 Å². The van der Waals surface area contributed by atoms with Gasteiger partial charge in [0.1, 0.15) is 11.5 Å². The molecule has 0 bridgehead atoms. The molecular formula is C33H36N4O2. The number of anilines is 1. The van der Waals surface area contributed by atoms with Gasteiger partial charge in [0, 0.05) is 40.7 Å². The number of ether oxygens (including phenoxy) is 2. The molecule has 0 fully saturated rings. The van der Waals surface area contributed by atoms with Crippen LogP contribution in [0, 0.1) is 20.8 Å². The Bertz CT molecular complexity index is 1520. The fourth-order valence-electron chi connectivity index (χ4n) is 5.61. The van der Waals surface area contributed by atoms with E-state index in [0.29, 0.717) is 6.61 Å². The number of methoxy groups -OCH3 is 1. The van der Waals surface area contributed by atoms with Crippen molar-refractivity contribution in [3.05, 3.63) is 107 Å². The molecule has 5 aromatic rings. The SMILES string of the molecule is CCOc1ccc(-n2c(C)c3c(C)nnc(NCCC(c4ccccc4)c4ccccc4)c3c2C)c(OC)c1. The third kappa shape index (κ3) is 5.19. The number of nitrogens with zero attached hydrogens (tertiary/aromatic N) is 3. The molecule has 0 aliphatic heterocycles. The minimum absolute atomic E-state index is 0.286. The van der Waals surface area contributed by atoms with E-state index in [-0.39, 0.29) is 5.92 Å². The van der Waals surface area contributed by atoms with Crippen LogP contribution in [0.2, 0.25) is 0 Å². The van der Waals surface area contributed by atoms with Crippen molar-refractivity contribution in [1.82, 2.24) is 14.8 Å². The maximum atomic E-state index is 5.78. The molecule has 0 saturated carbocycles. The summed E-state index contributed by atoms with van der Waals surface area (Å²) in [4.78, 5) is 0. The van der Waals surface area contributed by atoms with E-state index in [9.17, 15) is 0 Å². The van der Waals surface area contributed by atoms with Crippen LogP contribution in [0.25, 0.3) is 16.5 Å². The van der Waals surface area contributed by atoms with Gasteiger partial charge in [0.25, 0.3) is 0 Å². The second-order valence-corrected chi connectivity index (χ2v) is 9.75. The van der Waals surface area contributed by atoms with Gasteiger partial charge in [-0.15, -0.1) is 5.10 Å². The molecule has 3 aromatic carbocycles. The van der Waals surface area contributed by atoms with Crippen molar-refractivity contribution >= 4 is 16.6 Å². The standard InChI is InChI=1S/C33H36N4O2/c1-6-39-27-17-18-29(30(21-27)38-5)37-23(3)31-22(2)35-36-33(32(31)24(37)4)34-20-19-28(25-13-9-7-10-14-25)26-15-11-8-12-16-26/h7-18,21,28H,6,19-20H2,1-5H3,(H,34,36). The largest absolute Gasteiger partial charge is 0.494 e. The van der Waals surface area contributed by atoms with Crippen LogP contribution in [-0.4, -0.2) is 35.0 Å². The second-order valence-electron chi connectivity index (χ2n) is 9.75. The van der Waals surface area contributed by atoms with Crippen LogP contribution in [0.15, 0.2) is 78.9 Å². The Labute approximate surface area is 230 Å². The van der Waals surface area contributed by atoms with E-state index in [2.05, 4.69) is 101 Å². The van der Waals surface area contributed by atoms with E-state index in [0.717, 1.165) is 63.8 Å². The first-order valence-electron chi connectivity index (χ1n) is 13.5. The van der Waals surface area contributed by atoms with Gasteiger partial charge in [0.15, 0.2) is 5.82 Å². The number of aromatic nitrogens is 3. The van der Waals surface area contributed by atoms with Crippen LogP contribution < -0.4 is 14.8 Å². The van der Waals surface area contributed by atoms with Crippen molar-refractivity contribution in [2.45, 2.75) is 40.0 Å². The lowest BCUT2D eigenvalue weighted by molar-refractivity contribution is 0.336. The molecule has 2 aromatic heterocycles. The van der Waals surface area contributed by atoms with E-state index in [4.69, 9.17) is 9.47 Å². The van der Waals surface area contributed by atoms with Crippen molar-refractivity contribution in [2.75, 3.05) is 25.6 Å². The highest BCUT2D eigenvalue weighted by atomic mass is 16.5. The summed E-state index contributed by atoms with van der Waals surface area (Å²) in [6, 6.07) is 27.4. The minimum atomic E-state index is 0.286. The van der Waals surface area contributed by atoms with Gasteiger partial charge in [-0.1, -0.05) is 60.7 Å². The van der Waals surface area contributed by atoms with Crippen LogP contribution in [0.1, 0.15) is 47.5 Å². The third-order valence-corrected chi connectivity index (χ3v) is 7.38. The summed E-state index contributed by atoms with van der Waals surface area (Å²) >= 11 is 0. The Balaban J connectivity index is 1.49. The molecule has 6 nitrogen and oxygen atoms in total. The van der Waals surface area contributed by atoms with Crippen molar-refractivity contribution < 1.29 is 9.47 Å². The van der Waals surface area contributed by atoms with E-state index in [1.54, 1.807) is 7.11 Å². The van der Waals surface area contributed by atoms with Crippen LogP contribution in [0.3, 0.4) is 0 Å². The van der Waals surface area contributed by atoms with E-state index < -0.39 is 0 Å². The zero-order valence-corrected chi connectivity index (χ0v) is 23.4. The number of benzene rings is 3. The van der Waals surface area contributed by atoms with Crippen molar-refractivity contribution in [3.8, 4) is 17.2 Å². The topological polar surface area (TPSA) is 61.2 Å². The van der Waals surface area contributed by atoms with Gasteiger partial charge in [-0.3, -0.25) is 0 Å². The predicted molar refractivity (Wildman–Crippen MR) is 159 cm³/mol. The van der Waals surface area contributed by atoms with Gasteiger partial charge in [0.05, 0.1) is 25.1 Å². The smallest absolute Gasteiger partial charge is 0.158 e. The summed E-state index contributed by atoms with van der Waals surface area (Å²) < 4.78 is 13.7. The van der Waals surface area contributed by atoms with E-state index in [1.807, 2.05) is 26.0 Å². The van der Waals surface area contributed by atoms with Crippen LogP contribution in [-0.2, 0) is 0 Å². The summed E-state index contributed by atoms with van der Waals surface area (Å²) in [6.45, 7) is 9.63. The van der Waals surface area contributed by atoms with Gasteiger partial charge in [-0.05, 0) is 57.4 Å². The molecule has 0 saturated heterocycles. The maximum Gasteiger partial charge on any atom is 0.158 e. The summed E-state index contributed by atoms with van der Waals surface area (Å²) in [5, 5.41) is 15.0.